The second-order valence-corrected chi connectivity index (χ2v) is 8.80. The van der Waals surface area contributed by atoms with Crippen LogP contribution < -0.4 is 20.7 Å². The number of carboxylic acid groups (broad SMARTS) is 1. The largest absolute Gasteiger partial charge is 0.491 e. The normalized spacial score (nSPS) is 14.0. The number of amidine groups is 1. The summed E-state index contributed by atoms with van der Waals surface area (Å²) in [6, 6.07) is 4.99. The van der Waals surface area contributed by atoms with Gasteiger partial charge in [-0.15, -0.1) is 0 Å². The van der Waals surface area contributed by atoms with Crippen LogP contribution in [-0.2, 0) is 16.0 Å². The number of halogens is 2. The third-order valence-corrected chi connectivity index (χ3v) is 6.21. The lowest BCUT2D eigenvalue weighted by Gasteiger charge is -2.33. The molecule has 2 heterocycles. The molecule has 1 saturated heterocycles. The van der Waals surface area contributed by atoms with Crippen LogP contribution in [0.3, 0.4) is 0 Å². The van der Waals surface area contributed by atoms with Crippen molar-refractivity contribution in [1.82, 2.24) is 10.3 Å². The van der Waals surface area contributed by atoms with Crippen molar-refractivity contribution >= 4 is 46.6 Å². The van der Waals surface area contributed by atoms with Crippen molar-refractivity contribution in [2.24, 2.45) is 11.7 Å². The van der Waals surface area contributed by atoms with Crippen LogP contribution in [0.5, 0.6) is 5.75 Å². The van der Waals surface area contributed by atoms with Crippen LogP contribution in [0.15, 0.2) is 30.6 Å². The molecule has 9 nitrogen and oxygen atoms in total. The maximum atomic E-state index is 12.6. The van der Waals surface area contributed by atoms with Crippen LogP contribution >= 0.6 is 23.2 Å². The summed E-state index contributed by atoms with van der Waals surface area (Å²) >= 11 is 12.5. The molecule has 182 valence electrons. The Kier molecular flexibility index (Phi) is 8.95. The first-order chi connectivity index (χ1) is 16.3. The van der Waals surface area contributed by atoms with Gasteiger partial charge in [-0.05, 0) is 30.9 Å². The van der Waals surface area contributed by atoms with Gasteiger partial charge < -0.3 is 25.8 Å². The summed E-state index contributed by atoms with van der Waals surface area (Å²) in [7, 11) is 0. The number of aliphatic carboxylic acids is 1. The van der Waals surface area contributed by atoms with E-state index in [1.807, 2.05) is 0 Å². The lowest BCUT2D eigenvalue weighted by molar-refractivity contribution is -0.137. The second-order valence-electron chi connectivity index (χ2n) is 7.98. The molecule has 3 rings (SSSR count). The fourth-order valence-corrected chi connectivity index (χ4v) is 4.46. The van der Waals surface area contributed by atoms with Crippen molar-refractivity contribution in [1.29, 1.82) is 5.41 Å². The molecular formula is C23H27Cl2N5O4. The molecule has 0 spiro atoms. The van der Waals surface area contributed by atoms with Gasteiger partial charge in [0.05, 0.1) is 22.3 Å². The van der Waals surface area contributed by atoms with Crippen molar-refractivity contribution in [3.63, 3.8) is 0 Å². The number of carbonyl (C=O) groups is 2. The lowest BCUT2D eigenvalue weighted by atomic mass is 9.95. The van der Waals surface area contributed by atoms with Crippen molar-refractivity contribution in [2.45, 2.75) is 25.7 Å². The number of rotatable bonds is 10. The van der Waals surface area contributed by atoms with Gasteiger partial charge in [0, 0.05) is 43.4 Å². The molecule has 2 aromatic rings. The third-order valence-electron chi connectivity index (χ3n) is 5.66. The SMILES string of the molecule is N=C(N)c1ccc(CCC(=O)O)c(OCCNC(=O)C2CCN(c3c(Cl)cncc3Cl)CC2)c1. The van der Waals surface area contributed by atoms with E-state index in [1.54, 1.807) is 30.6 Å². The summed E-state index contributed by atoms with van der Waals surface area (Å²) in [4.78, 5) is 29.6. The minimum Gasteiger partial charge on any atom is -0.491 e. The van der Waals surface area contributed by atoms with Gasteiger partial charge in [0.15, 0.2) is 0 Å². The summed E-state index contributed by atoms with van der Waals surface area (Å²) in [6.07, 6.45) is 4.70. The topological polar surface area (TPSA) is 142 Å². The zero-order valence-electron chi connectivity index (χ0n) is 18.5. The molecule has 0 radical (unpaired) electrons. The number of nitrogens with one attached hydrogen (secondary N) is 2. The second kappa shape index (κ2) is 11.9. The molecule has 1 aromatic heterocycles. The molecule has 11 heteroatoms. The van der Waals surface area contributed by atoms with Crippen LogP contribution in [0.4, 0.5) is 5.69 Å². The Labute approximate surface area is 207 Å². The number of amides is 1. The Morgan fingerprint density at radius 3 is 2.53 bits per heavy atom. The summed E-state index contributed by atoms with van der Waals surface area (Å²) in [5.41, 5.74) is 7.49. The average Bonchev–Trinajstić information content (AvgIpc) is 2.80. The summed E-state index contributed by atoms with van der Waals surface area (Å²) in [6.45, 7) is 1.81. The third kappa shape index (κ3) is 6.74. The maximum absolute atomic E-state index is 12.6. The van der Waals surface area contributed by atoms with E-state index >= 15 is 0 Å². The number of anilines is 1. The fourth-order valence-electron chi connectivity index (χ4n) is 3.86. The number of nitrogens with zero attached hydrogens (tertiary/aromatic N) is 2. The number of carboxylic acids is 1. The Morgan fingerprint density at radius 1 is 1.24 bits per heavy atom. The van der Waals surface area contributed by atoms with Crippen LogP contribution in [0, 0.1) is 11.3 Å². The van der Waals surface area contributed by atoms with Crippen molar-refractivity contribution < 1.29 is 19.4 Å². The van der Waals surface area contributed by atoms with E-state index in [0.717, 1.165) is 5.69 Å². The number of aromatic nitrogens is 1. The van der Waals surface area contributed by atoms with Gasteiger partial charge in [-0.3, -0.25) is 20.0 Å². The number of nitrogens with two attached hydrogens (primary N) is 1. The number of hydrogen-bond acceptors (Lipinski definition) is 6. The number of benzene rings is 1. The van der Waals surface area contributed by atoms with E-state index in [4.69, 9.17) is 44.2 Å². The van der Waals surface area contributed by atoms with Gasteiger partial charge in [0.1, 0.15) is 18.2 Å². The number of nitrogen functional groups attached to an aromatic ring is 1. The maximum Gasteiger partial charge on any atom is 0.303 e. The zero-order chi connectivity index (χ0) is 24.7. The fraction of sp³-hybridized carbons (Fsp3) is 0.391. The molecular weight excluding hydrogens is 481 g/mol. The smallest absolute Gasteiger partial charge is 0.303 e. The lowest BCUT2D eigenvalue weighted by Crippen LogP contribution is -2.41. The van der Waals surface area contributed by atoms with Crippen molar-refractivity contribution in [3.8, 4) is 5.75 Å². The Morgan fingerprint density at radius 2 is 1.91 bits per heavy atom. The first kappa shape index (κ1) is 25.6. The Bertz CT molecular complexity index is 1040. The van der Waals surface area contributed by atoms with Gasteiger partial charge in [-0.25, -0.2) is 0 Å². The Balaban J connectivity index is 1.49. The number of carbonyl (C=O) groups excluding carboxylic acids is 1. The van der Waals surface area contributed by atoms with Gasteiger partial charge >= 0.3 is 5.97 Å². The van der Waals surface area contributed by atoms with E-state index in [2.05, 4.69) is 15.2 Å². The quantitative estimate of drug-likeness (QED) is 0.220. The molecule has 0 aliphatic carbocycles. The van der Waals surface area contributed by atoms with Crippen LogP contribution in [0.25, 0.3) is 0 Å². The van der Waals surface area contributed by atoms with E-state index < -0.39 is 5.97 Å². The minimum absolute atomic E-state index is 0.0405. The van der Waals surface area contributed by atoms with Gasteiger partial charge in [-0.2, -0.15) is 0 Å². The summed E-state index contributed by atoms with van der Waals surface area (Å²) in [5.74, 6) is -0.721. The van der Waals surface area contributed by atoms with Gasteiger partial charge in [0.2, 0.25) is 5.91 Å². The minimum atomic E-state index is -0.909. The molecule has 34 heavy (non-hydrogen) atoms. The van der Waals surface area contributed by atoms with Gasteiger partial charge in [-0.1, -0.05) is 35.3 Å². The highest BCUT2D eigenvalue weighted by Gasteiger charge is 2.27. The molecule has 5 N–H and O–H groups in total. The molecule has 1 aliphatic heterocycles. The number of piperidine rings is 1. The highest BCUT2D eigenvalue weighted by Crippen LogP contribution is 2.35. The van der Waals surface area contributed by atoms with Crippen LogP contribution in [0.2, 0.25) is 10.0 Å². The first-order valence-corrected chi connectivity index (χ1v) is 11.7. The Hall–Kier alpha value is -3.04. The highest BCUT2D eigenvalue weighted by molar-refractivity contribution is 6.38. The number of hydrogen-bond donors (Lipinski definition) is 4. The number of ether oxygens (including phenoxy) is 1. The molecule has 0 unspecified atom stereocenters. The molecule has 1 fully saturated rings. The standard InChI is InChI=1S/C23H27Cl2N5O4/c24-17-12-28-13-18(25)21(17)30-8-5-15(6-9-30)23(33)29-7-10-34-19-11-16(22(26)27)2-1-14(19)3-4-20(31)32/h1-2,11-13,15H,3-10H2,(H3,26,27)(H,29,33)(H,31,32). The zero-order valence-corrected chi connectivity index (χ0v) is 20.0. The molecule has 1 amide bonds. The van der Waals surface area contributed by atoms with Crippen molar-refractivity contribution in [3.05, 3.63) is 51.8 Å². The van der Waals surface area contributed by atoms with Crippen molar-refractivity contribution in [2.75, 3.05) is 31.1 Å². The molecule has 1 aliphatic rings. The predicted molar refractivity (Wildman–Crippen MR) is 131 cm³/mol. The highest BCUT2D eigenvalue weighted by atomic mass is 35.5. The molecule has 0 atom stereocenters. The predicted octanol–water partition coefficient (Wildman–Crippen LogP) is 3.10. The van der Waals surface area contributed by atoms with Gasteiger partial charge in [0.25, 0.3) is 0 Å². The number of pyridine rings is 1. The van der Waals surface area contributed by atoms with E-state index in [0.29, 0.717) is 65.8 Å². The number of aryl methyl sites for hydroxylation is 1. The average molecular weight is 508 g/mol. The van der Waals surface area contributed by atoms with E-state index in [9.17, 15) is 9.59 Å². The van der Waals surface area contributed by atoms with Crippen LogP contribution in [-0.4, -0.2) is 54.0 Å². The molecule has 0 saturated carbocycles. The summed E-state index contributed by atoms with van der Waals surface area (Å²) < 4.78 is 5.80. The van der Waals surface area contributed by atoms with Crippen LogP contribution in [0.1, 0.15) is 30.4 Å². The monoisotopic (exact) mass is 507 g/mol. The van der Waals surface area contributed by atoms with E-state index in [-0.39, 0.29) is 30.7 Å². The molecule has 1 aromatic carbocycles. The van der Waals surface area contributed by atoms with E-state index in [1.165, 1.54) is 0 Å². The molecule has 0 bridgehead atoms. The summed E-state index contributed by atoms with van der Waals surface area (Å²) in [5, 5.41) is 20.4. The first-order valence-electron chi connectivity index (χ1n) is 10.9.